The Balaban J connectivity index is 1.33. The van der Waals surface area contributed by atoms with Crippen LogP contribution in [0, 0.1) is 0 Å². The fraction of sp³-hybridized carbons (Fsp3) is 0.0870. The number of benzene rings is 3. The standard InChI is InChI=1S/C23H19N3O3S/c1-15(29-19-12-11-16-7-5-6-10-18(16)13-19)21(27)25-26-22(28)20-14-24-23(30-20)17-8-3-2-4-9-17/h2-15H,1H3,(H,25,27)(H,26,28). The molecule has 30 heavy (non-hydrogen) atoms. The van der Waals surface area contributed by atoms with Crippen molar-refractivity contribution in [2.75, 3.05) is 0 Å². The summed E-state index contributed by atoms with van der Waals surface area (Å²) in [6.07, 6.45) is 0.705. The zero-order chi connectivity index (χ0) is 20.9. The van der Waals surface area contributed by atoms with E-state index >= 15 is 0 Å². The SMILES string of the molecule is CC(Oc1ccc2ccccc2c1)C(=O)NNC(=O)c1cnc(-c2ccccc2)s1. The van der Waals surface area contributed by atoms with E-state index in [1.165, 1.54) is 17.5 Å². The van der Waals surface area contributed by atoms with Crippen molar-refractivity contribution < 1.29 is 14.3 Å². The van der Waals surface area contributed by atoms with Gasteiger partial charge < -0.3 is 4.74 Å². The van der Waals surface area contributed by atoms with Crippen molar-refractivity contribution in [2.24, 2.45) is 0 Å². The number of hydrazine groups is 1. The molecule has 3 aromatic carbocycles. The Morgan fingerprint density at radius 3 is 2.47 bits per heavy atom. The van der Waals surface area contributed by atoms with Crippen LogP contribution in [0.15, 0.2) is 79.0 Å². The van der Waals surface area contributed by atoms with E-state index in [0.717, 1.165) is 21.3 Å². The highest BCUT2D eigenvalue weighted by Crippen LogP contribution is 2.24. The van der Waals surface area contributed by atoms with Crippen molar-refractivity contribution in [3.05, 3.63) is 83.9 Å². The molecule has 0 bridgehead atoms. The number of nitrogens with one attached hydrogen (secondary N) is 2. The fourth-order valence-electron chi connectivity index (χ4n) is 2.87. The molecular formula is C23H19N3O3S. The van der Waals surface area contributed by atoms with Crippen LogP contribution in [0.5, 0.6) is 5.75 Å². The molecule has 0 spiro atoms. The molecular weight excluding hydrogens is 398 g/mol. The van der Waals surface area contributed by atoms with Gasteiger partial charge in [0.15, 0.2) is 6.10 Å². The highest BCUT2D eigenvalue weighted by Gasteiger charge is 2.17. The quantitative estimate of drug-likeness (QED) is 0.477. The molecule has 1 unspecified atom stereocenters. The molecule has 7 heteroatoms. The lowest BCUT2D eigenvalue weighted by atomic mass is 10.1. The average molecular weight is 417 g/mol. The molecule has 0 saturated carbocycles. The lowest BCUT2D eigenvalue weighted by Gasteiger charge is -2.15. The summed E-state index contributed by atoms with van der Waals surface area (Å²) in [4.78, 5) is 29.3. The second kappa shape index (κ2) is 8.75. The van der Waals surface area contributed by atoms with E-state index in [0.29, 0.717) is 10.6 Å². The van der Waals surface area contributed by atoms with Crippen LogP contribution in [-0.2, 0) is 4.79 Å². The number of nitrogens with zero attached hydrogens (tertiary/aromatic N) is 1. The summed E-state index contributed by atoms with van der Waals surface area (Å²) in [6, 6.07) is 23.1. The van der Waals surface area contributed by atoms with E-state index in [2.05, 4.69) is 15.8 Å². The Labute approximate surface area is 177 Å². The number of fused-ring (bicyclic) bond motifs is 1. The first-order valence-electron chi connectivity index (χ1n) is 9.37. The normalized spacial score (nSPS) is 11.6. The van der Waals surface area contributed by atoms with Gasteiger partial charge in [0, 0.05) is 5.56 Å². The zero-order valence-corrected chi connectivity index (χ0v) is 17.0. The average Bonchev–Trinajstić information content (AvgIpc) is 3.28. The summed E-state index contributed by atoms with van der Waals surface area (Å²) in [7, 11) is 0. The Morgan fingerprint density at radius 2 is 1.67 bits per heavy atom. The second-order valence-electron chi connectivity index (χ2n) is 6.61. The first kappa shape index (κ1) is 19.6. The van der Waals surface area contributed by atoms with Gasteiger partial charge in [-0.05, 0) is 29.8 Å². The predicted molar refractivity (Wildman–Crippen MR) is 117 cm³/mol. The van der Waals surface area contributed by atoms with Crippen LogP contribution in [0.25, 0.3) is 21.3 Å². The Morgan fingerprint density at radius 1 is 0.933 bits per heavy atom. The molecule has 0 fully saturated rings. The molecule has 6 nitrogen and oxygen atoms in total. The number of carbonyl (C=O) groups excluding carboxylic acids is 2. The molecule has 2 amide bonds. The Hall–Kier alpha value is -3.71. The van der Waals surface area contributed by atoms with E-state index in [1.54, 1.807) is 6.92 Å². The third kappa shape index (κ3) is 4.47. The molecule has 4 aromatic rings. The first-order valence-corrected chi connectivity index (χ1v) is 10.2. The van der Waals surface area contributed by atoms with Gasteiger partial charge in [0.1, 0.15) is 15.6 Å². The second-order valence-corrected chi connectivity index (χ2v) is 7.64. The summed E-state index contributed by atoms with van der Waals surface area (Å²) >= 11 is 1.25. The Kier molecular flexibility index (Phi) is 5.72. The van der Waals surface area contributed by atoms with E-state index < -0.39 is 17.9 Å². The third-order valence-electron chi connectivity index (χ3n) is 4.45. The van der Waals surface area contributed by atoms with Gasteiger partial charge in [0.05, 0.1) is 6.20 Å². The topological polar surface area (TPSA) is 80.3 Å². The molecule has 1 heterocycles. The van der Waals surface area contributed by atoms with Crippen molar-refractivity contribution >= 4 is 33.9 Å². The monoisotopic (exact) mass is 417 g/mol. The van der Waals surface area contributed by atoms with Gasteiger partial charge in [0.2, 0.25) is 0 Å². The summed E-state index contributed by atoms with van der Waals surface area (Å²) in [5, 5.41) is 2.85. The largest absolute Gasteiger partial charge is 0.481 e. The number of aromatic nitrogens is 1. The molecule has 0 aliphatic carbocycles. The van der Waals surface area contributed by atoms with E-state index in [4.69, 9.17) is 4.74 Å². The van der Waals surface area contributed by atoms with Crippen LogP contribution in [0.4, 0.5) is 0 Å². The van der Waals surface area contributed by atoms with Crippen molar-refractivity contribution in [1.82, 2.24) is 15.8 Å². The maximum absolute atomic E-state index is 12.3. The molecule has 150 valence electrons. The van der Waals surface area contributed by atoms with E-state index in [1.807, 2.05) is 72.8 Å². The van der Waals surface area contributed by atoms with Gasteiger partial charge >= 0.3 is 0 Å². The number of ether oxygens (including phenoxy) is 1. The van der Waals surface area contributed by atoms with Crippen LogP contribution in [0.2, 0.25) is 0 Å². The maximum Gasteiger partial charge on any atom is 0.281 e. The van der Waals surface area contributed by atoms with Gasteiger partial charge in [-0.15, -0.1) is 11.3 Å². The number of rotatable bonds is 5. The molecule has 0 radical (unpaired) electrons. The summed E-state index contributed by atoms with van der Waals surface area (Å²) in [5.41, 5.74) is 5.75. The zero-order valence-electron chi connectivity index (χ0n) is 16.2. The van der Waals surface area contributed by atoms with Crippen LogP contribution in [-0.4, -0.2) is 22.9 Å². The number of hydrogen-bond donors (Lipinski definition) is 2. The molecule has 0 aliphatic rings. The highest BCUT2D eigenvalue weighted by atomic mass is 32.1. The third-order valence-corrected chi connectivity index (χ3v) is 5.50. The molecule has 1 atom stereocenters. The van der Waals surface area contributed by atoms with Gasteiger partial charge in [-0.3, -0.25) is 20.4 Å². The van der Waals surface area contributed by atoms with Crippen molar-refractivity contribution in [3.8, 4) is 16.3 Å². The first-order chi connectivity index (χ1) is 14.6. The number of amides is 2. The molecule has 0 aliphatic heterocycles. The van der Waals surface area contributed by atoms with Crippen LogP contribution >= 0.6 is 11.3 Å². The van der Waals surface area contributed by atoms with Crippen molar-refractivity contribution in [1.29, 1.82) is 0 Å². The maximum atomic E-state index is 12.3. The fourth-order valence-corrected chi connectivity index (χ4v) is 3.69. The lowest BCUT2D eigenvalue weighted by molar-refractivity contribution is -0.128. The summed E-state index contributed by atoms with van der Waals surface area (Å²) in [6.45, 7) is 1.62. The highest BCUT2D eigenvalue weighted by molar-refractivity contribution is 7.16. The van der Waals surface area contributed by atoms with Crippen LogP contribution in [0.3, 0.4) is 0 Å². The minimum atomic E-state index is -0.784. The van der Waals surface area contributed by atoms with Crippen LogP contribution < -0.4 is 15.6 Å². The van der Waals surface area contributed by atoms with Crippen molar-refractivity contribution in [2.45, 2.75) is 13.0 Å². The molecule has 2 N–H and O–H groups in total. The van der Waals surface area contributed by atoms with E-state index in [-0.39, 0.29) is 0 Å². The van der Waals surface area contributed by atoms with Crippen molar-refractivity contribution in [3.63, 3.8) is 0 Å². The van der Waals surface area contributed by atoms with Gasteiger partial charge in [0.25, 0.3) is 11.8 Å². The Bertz CT molecular complexity index is 1190. The van der Waals surface area contributed by atoms with Crippen LogP contribution in [0.1, 0.15) is 16.6 Å². The van der Waals surface area contributed by atoms with Gasteiger partial charge in [-0.25, -0.2) is 4.98 Å². The molecule has 1 aromatic heterocycles. The minimum Gasteiger partial charge on any atom is -0.481 e. The molecule has 0 saturated heterocycles. The summed E-state index contributed by atoms with van der Waals surface area (Å²) < 4.78 is 5.71. The number of carbonyl (C=O) groups is 2. The van der Waals surface area contributed by atoms with Gasteiger partial charge in [-0.1, -0.05) is 60.7 Å². The predicted octanol–water partition coefficient (Wildman–Crippen LogP) is 4.19. The molecule has 4 rings (SSSR count). The van der Waals surface area contributed by atoms with E-state index in [9.17, 15) is 9.59 Å². The lowest BCUT2D eigenvalue weighted by Crippen LogP contribution is -2.47. The number of thiazole rings is 1. The van der Waals surface area contributed by atoms with Gasteiger partial charge in [-0.2, -0.15) is 0 Å². The number of hydrogen-bond acceptors (Lipinski definition) is 5. The smallest absolute Gasteiger partial charge is 0.281 e. The minimum absolute atomic E-state index is 0.400. The summed E-state index contributed by atoms with van der Waals surface area (Å²) in [5.74, 6) is -0.303.